The van der Waals surface area contributed by atoms with Crippen molar-refractivity contribution in [3.63, 3.8) is 0 Å². The van der Waals surface area contributed by atoms with Crippen molar-refractivity contribution in [1.82, 2.24) is 5.06 Å². The molecule has 1 fully saturated rings. The molecule has 0 spiro atoms. The van der Waals surface area contributed by atoms with Crippen molar-refractivity contribution in [2.24, 2.45) is 0 Å². The average Bonchev–Trinajstić information content (AvgIpc) is 1.97. The summed E-state index contributed by atoms with van der Waals surface area (Å²) in [5.41, 5.74) is -0.0417. The summed E-state index contributed by atoms with van der Waals surface area (Å²) in [5.74, 6) is 0. The van der Waals surface area contributed by atoms with Gasteiger partial charge in [-0.05, 0) is 27.2 Å². The van der Waals surface area contributed by atoms with Crippen LogP contribution in [0, 0.1) is 0 Å². The summed E-state index contributed by atoms with van der Waals surface area (Å²) in [6.45, 7) is 6.21. The second kappa shape index (κ2) is 2.60. The van der Waals surface area contributed by atoms with Gasteiger partial charge in [-0.15, -0.1) is 0 Å². The predicted molar refractivity (Wildman–Crippen MR) is 49.6 cm³/mol. The van der Waals surface area contributed by atoms with Crippen LogP contribution in [0.5, 0.6) is 0 Å². The molecule has 1 aliphatic heterocycles. The molecular formula is C7H14INO. The van der Waals surface area contributed by atoms with Gasteiger partial charge in [0.15, 0.2) is 0 Å². The molecular weight excluding hydrogens is 241 g/mol. The Morgan fingerprint density at radius 1 is 1.60 bits per heavy atom. The van der Waals surface area contributed by atoms with Crippen LogP contribution >= 0.6 is 22.6 Å². The first kappa shape index (κ1) is 8.74. The van der Waals surface area contributed by atoms with Crippen molar-refractivity contribution in [3.8, 4) is 0 Å². The average molecular weight is 255 g/mol. The van der Waals surface area contributed by atoms with E-state index in [1.807, 2.05) is 0 Å². The van der Waals surface area contributed by atoms with E-state index >= 15 is 0 Å². The number of alkyl halides is 1. The first-order valence-electron chi connectivity index (χ1n) is 3.58. The van der Waals surface area contributed by atoms with Gasteiger partial charge in [-0.1, -0.05) is 22.6 Å². The summed E-state index contributed by atoms with van der Waals surface area (Å²) in [4.78, 5) is 0. The smallest absolute Gasteiger partial charge is 0.0525 e. The molecule has 1 saturated heterocycles. The molecule has 1 rings (SSSR count). The van der Waals surface area contributed by atoms with Crippen LogP contribution in [0.2, 0.25) is 0 Å². The molecule has 1 heterocycles. The van der Waals surface area contributed by atoms with Gasteiger partial charge in [-0.2, -0.15) is 5.06 Å². The molecule has 2 atom stereocenters. The molecule has 2 unspecified atom stereocenters. The van der Waals surface area contributed by atoms with Crippen LogP contribution in [0.4, 0.5) is 0 Å². The third kappa shape index (κ3) is 1.19. The van der Waals surface area contributed by atoms with E-state index in [9.17, 15) is 5.21 Å². The molecule has 1 aliphatic rings. The van der Waals surface area contributed by atoms with Crippen LogP contribution in [0.15, 0.2) is 0 Å². The van der Waals surface area contributed by atoms with Crippen molar-refractivity contribution >= 4 is 22.6 Å². The highest BCUT2D eigenvalue weighted by atomic mass is 127. The van der Waals surface area contributed by atoms with Crippen LogP contribution in [-0.2, 0) is 0 Å². The van der Waals surface area contributed by atoms with Gasteiger partial charge >= 0.3 is 0 Å². The predicted octanol–water partition coefficient (Wildman–Crippen LogP) is 2.05. The third-order valence-electron chi connectivity index (χ3n) is 2.32. The summed E-state index contributed by atoms with van der Waals surface area (Å²) in [6, 6.07) is 0.317. The van der Waals surface area contributed by atoms with Gasteiger partial charge in [0.1, 0.15) is 0 Å². The van der Waals surface area contributed by atoms with Crippen molar-refractivity contribution < 1.29 is 5.21 Å². The monoisotopic (exact) mass is 255 g/mol. The summed E-state index contributed by atoms with van der Waals surface area (Å²) in [5, 5.41) is 11.0. The minimum atomic E-state index is -0.0417. The Bertz CT molecular complexity index is 138. The Kier molecular flexibility index (Phi) is 2.28. The van der Waals surface area contributed by atoms with E-state index in [4.69, 9.17) is 0 Å². The fourth-order valence-electron chi connectivity index (χ4n) is 1.40. The zero-order chi connectivity index (χ0) is 7.94. The molecule has 1 N–H and O–H groups in total. The van der Waals surface area contributed by atoms with Gasteiger partial charge in [0, 0.05) is 9.97 Å². The molecule has 0 aromatic carbocycles. The van der Waals surface area contributed by atoms with Crippen LogP contribution in [-0.4, -0.2) is 25.8 Å². The molecule has 0 amide bonds. The maximum atomic E-state index is 9.52. The SMILES string of the molecule is CC1CC(I)C(C)(C)N1O. The quantitative estimate of drug-likeness (QED) is 0.529. The molecule has 3 heteroatoms. The van der Waals surface area contributed by atoms with Crippen LogP contribution in [0.25, 0.3) is 0 Å². The van der Waals surface area contributed by atoms with E-state index in [1.54, 1.807) is 0 Å². The number of halogens is 1. The topological polar surface area (TPSA) is 23.5 Å². The number of rotatable bonds is 0. The summed E-state index contributed by atoms with van der Waals surface area (Å²) >= 11 is 2.40. The standard InChI is InChI=1S/C7H14INO/c1-5-4-6(8)7(2,3)9(5)10/h5-6,10H,4H2,1-3H3. The largest absolute Gasteiger partial charge is 0.313 e. The van der Waals surface area contributed by atoms with Gasteiger partial charge in [0.05, 0.1) is 5.54 Å². The molecule has 0 aromatic heterocycles. The Morgan fingerprint density at radius 3 is 2.20 bits per heavy atom. The Labute approximate surface area is 75.7 Å². The molecule has 0 radical (unpaired) electrons. The highest BCUT2D eigenvalue weighted by molar-refractivity contribution is 14.1. The fourth-order valence-corrected chi connectivity index (χ4v) is 2.42. The zero-order valence-electron chi connectivity index (χ0n) is 6.63. The summed E-state index contributed by atoms with van der Waals surface area (Å²) in [6.07, 6.45) is 1.09. The lowest BCUT2D eigenvalue weighted by molar-refractivity contribution is -0.158. The van der Waals surface area contributed by atoms with E-state index < -0.39 is 0 Å². The van der Waals surface area contributed by atoms with E-state index in [0.717, 1.165) is 6.42 Å². The summed E-state index contributed by atoms with van der Waals surface area (Å²) < 4.78 is 0.560. The first-order valence-corrected chi connectivity index (χ1v) is 4.83. The molecule has 0 aliphatic carbocycles. The fraction of sp³-hybridized carbons (Fsp3) is 1.00. The molecule has 10 heavy (non-hydrogen) atoms. The van der Waals surface area contributed by atoms with E-state index in [1.165, 1.54) is 5.06 Å². The highest BCUT2D eigenvalue weighted by Gasteiger charge is 2.43. The Balaban J connectivity index is 2.75. The maximum Gasteiger partial charge on any atom is 0.0525 e. The van der Waals surface area contributed by atoms with Gasteiger partial charge in [0.2, 0.25) is 0 Å². The number of nitrogens with zero attached hydrogens (tertiary/aromatic N) is 1. The van der Waals surface area contributed by atoms with Crippen molar-refractivity contribution in [2.75, 3.05) is 0 Å². The summed E-state index contributed by atoms with van der Waals surface area (Å²) in [7, 11) is 0. The molecule has 0 bridgehead atoms. The van der Waals surface area contributed by atoms with Crippen molar-refractivity contribution in [2.45, 2.75) is 42.7 Å². The second-order valence-electron chi connectivity index (χ2n) is 3.55. The van der Waals surface area contributed by atoms with Crippen molar-refractivity contribution in [1.29, 1.82) is 0 Å². The second-order valence-corrected chi connectivity index (χ2v) is 5.05. The van der Waals surface area contributed by atoms with Crippen LogP contribution < -0.4 is 0 Å². The lowest BCUT2D eigenvalue weighted by atomic mass is 10.0. The normalized spacial score (nSPS) is 40.5. The number of hydrogen-bond donors (Lipinski definition) is 1. The van der Waals surface area contributed by atoms with Gasteiger partial charge in [-0.25, -0.2) is 0 Å². The zero-order valence-corrected chi connectivity index (χ0v) is 8.79. The lowest BCUT2D eigenvalue weighted by Crippen LogP contribution is -2.42. The van der Waals surface area contributed by atoms with E-state index in [0.29, 0.717) is 9.97 Å². The van der Waals surface area contributed by atoms with Gasteiger partial charge in [0.25, 0.3) is 0 Å². The minimum absolute atomic E-state index is 0.0417. The molecule has 60 valence electrons. The Morgan fingerprint density at radius 2 is 2.10 bits per heavy atom. The van der Waals surface area contributed by atoms with E-state index in [2.05, 4.69) is 43.4 Å². The maximum absolute atomic E-state index is 9.52. The van der Waals surface area contributed by atoms with Gasteiger partial charge in [-0.3, -0.25) is 0 Å². The lowest BCUT2D eigenvalue weighted by Gasteiger charge is -2.30. The first-order chi connectivity index (χ1) is 4.46. The highest BCUT2D eigenvalue weighted by Crippen LogP contribution is 2.36. The third-order valence-corrected chi connectivity index (χ3v) is 4.36. The molecule has 2 nitrogen and oxygen atoms in total. The Hall–Kier alpha value is 0.650. The molecule has 0 saturated carbocycles. The van der Waals surface area contributed by atoms with Crippen molar-refractivity contribution in [3.05, 3.63) is 0 Å². The van der Waals surface area contributed by atoms with Crippen LogP contribution in [0.1, 0.15) is 27.2 Å². The van der Waals surface area contributed by atoms with E-state index in [-0.39, 0.29) is 5.54 Å². The van der Waals surface area contributed by atoms with Crippen LogP contribution in [0.3, 0.4) is 0 Å². The minimum Gasteiger partial charge on any atom is -0.313 e. The number of hydrogen-bond acceptors (Lipinski definition) is 2. The van der Waals surface area contributed by atoms with Gasteiger partial charge < -0.3 is 5.21 Å². The molecule has 0 aromatic rings. The number of hydroxylamine groups is 2.